The fourth-order valence-electron chi connectivity index (χ4n) is 1.93. The second-order valence-corrected chi connectivity index (χ2v) is 5.33. The summed E-state index contributed by atoms with van der Waals surface area (Å²) in [5.74, 6) is 0.827. The Hall–Kier alpha value is -0.230. The van der Waals surface area contributed by atoms with Gasteiger partial charge in [0.25, 0.3) is 0 Å². The molecule has 0 rings (SSSR count). The van der Waals surface area contributed by atoms with Gasteiger partial charge in [0.1, 0.15) is 0 Å². The van der Waals surface area contributed by atoms with Crippen LogP contribution in [0.3, 0.4) is 0 Å². The van der Waals surface area contributed by atoms with Crippen LogP contribution in [-0.2, 0) is 0 Å². The second-order valence-electron chi connectivity index (χ2n) is 4.95. The molecule has 0 spiro atoms. The van der Waals surface area contributed by atoms with Crippen LogP contribution in [0.25, 0.3) is 0 Å². The molecule has 0 fully saturated rings. The third-order valence-electron chi connectivity index (χ3n) is 3.11. The van der Waals surface area contributed by atoms with E-state index >= 15 is 0 Å². The minimum absolute atomic E-state index is 0.827. The minimum Gasteiger partial charge on any atom is -0.127 e. The van der Waals surface area contributed by atoms with E-state index in [1.54, 1.807) is 0 Å². The van der Waals surface area contributed by atoms with Gasteiger partial charge in [0, 0.05) is 5.88 Å². The van der Waals surface area contributed by atoms with Crippen molar-refractivity contribution >= 4 is 11.6 Å². The standard InChI is InChI=1S/C17H31Cl/c1-2-3-4-5-6-7-8-9-10-11-12-13-14-15-16-17-18/h6-9H,2-5,10-17H2,1H3. The molecule has 0 atom stereocenters. The summed E-state index contributed by atoms with van der Waals surface area (Å²) in [5, 5.41) is 0. The van der Waals surface area contributed by atoms with Crippen LogP contribution in [0.5, 0.6) is 0 Å². The smallest absolute Gasteiger partial charge is 0.0223 e. The van der Waals surface area contributed by atoms with Crippen LogP contribution in [0.1, 0.15) is 77.6 Å². The lowest BCUT2D eigenvalue weighted by Gasteiger charge is -1.98. The third kappa shape index (κ3) is 15.8. The van der Waals surface area contributed by atoms with Gasteiger partial charge in [0.05, 0.1) is 0 Å². The molecule has 1 heteroatoms. The van der Waals surface area contributed by atoms with Gasteiger partial charge in [-0.3, -0.25) is 0 Å². The van der Waals surface area contributed by atoms with Crippen LogP contribution in [-0.4, -0.2) is 5.88 Å². The Morgan fingerprint density at radius 2 is 1.17 bits per heavy atom. The van der Waals surface area contributed by atoms with Crippen molar-refractivity contribution in [3.63, 3.8) is 0 Å². The van der Waals surface area contributed by atoms with Crippen LogP contribution in [0, 0.1) is 0 Å². The van der Waals surface area contributed by atoms with E-state index in [9.17, 15) is 0 Å². The Morgan fingerprint density at radius 3 is 1.72 bits per heavy atom. The van der Waals surface area contributed by atoms with Crippen molar-refractivity contribution in [2.45, 2.75) is 77.6 Å². The van der Waals surface area contributed by atoms with Gasteiger partial charge in [-0.1, -0.05) is 69.8 Å². The van der Waals surface area contributed by atoms with Crippen molar-refractivity contribution in [3.05, 3.63) is 24.3 Å². The lowest BCUT2D eigenvalue weighted by molar-refractivity contribution is 0.612. The maximum atomic E-state index is 5.64. The number of hydrogen-bond acceptors (Lipinski definition) is 0. The first-order valence-corrected chi connectivity index (χ1v) is 8.33. The Kier molecular flexibility index (Phi) is 16.6. The fourth-order valence-corrected chi connectivity index (χ4v) is 2.11. The maximum absolute atomic E-state index is 5.64. The summed E-state index contributed by atoms with van der Waals surface area (Å²) >= 11 is 5.64. The Morgan fingerprint density at radius 1 is 0.667 bits per heavy atom. The third-order valence-corrected chi connectivity index (χ3v) is 3.38. The van der Waals surface area contributed by atoms with E-state index < -0.39 is 0 Å². The molecule has 0 aromatic rings. The van der Waals surface area contributed by atoms with E-state index in [1.807, 2.05) is 0 Å². The van der Waals surface area contributed by atoms with E-state index in [4.69, 9.17) is 11.6 Å². The predicted octanol–water partition coefficient (Wildman–Crippen LogP) is 6.65. The van der Waals surface area contributed by atoms with Gasteiger partial charge in [-0.05, 0) is 32.1 Å². The van der Waals surface area contributed by atoms with Crippen molar-refractivity contribution in [2.24, 2.45) is 0 Å². The molecular formula is C17H31Cl. The summed E-state index contributed by atoms with van der Waals surface area (Å²) in [6.45, 7) is 2.25. The Labute approximate surface area is 120 Å². The van der Waals surface area contributed by atoms with Crippen LogP contribution < -0.4 is 0 Å². The molecule has 0 aromatic carbocycles. The van der Waals surface area contributed by atoms with Gasteiger partial charge in [-0.25, -0.2) is 0 Å². The van der Waals surface area contributed by atoms with Gasteiger partial charge < -0.3 is 0 Å². The molecule has 0 bridgehead atoms. The molecule has 0 amide bonds. The highest BCUT2D eigenvalue weighted by molar-refractivity contribution is 6.17. The number of hydrogen-bond donors (Lipinski definition) is 0. The van der Waals surface area contributed by atoms with Crippen molar-refractivity contribution < 1.29 is 0 Å². The zero-order valence-electron chi connectivity index (χ0n) is 12.2. The number of allylic oxidation sites excluding steroid dienone is 4. The van der Waals surface area contributed by atoms with E-state index in [-0.39, 0.29) is 0 Å². The molecule has 0 nitrogen and oxygen atoms in total. The summed E-state index contributed by atoms with van der Waals surface area (Å²) in [4.78, 5) is 0. The second kappa shape index (κ2) is 16.8. The van der Waals surface area contributed by atoms with Crippen molar-refractivity contribution in [2.75, 3.05) is 5.88 Å². The fraction of sp³-hybridized carbons (Fsp3) is 0.765. The first-order chi connectivity index (χ1) is 8.91. The van der Waals surface area contributed by atoms with Gasteiger partial charge in [-0.2, -0.15) is 0 Å². The Balaban J connectivity index is 3.13. The zero-order chi connectivity index (χ0) is 13.3. The lowest BCUT2D eigenvalue weighted by Crippen LogP contribution is -1.80. The lowest BCUT2D eigenvalue weighted by atomic mass is 10.1. The van der Waals surface area contributed by atoms with Crippen LogP contribution in [0.15, 0.2) is 24.3 Å². The monoisotopic (exact) mass is 270 g/mol. The molecule has 0 saturated heterocycles. The molecule has 0 aromatic heterocycles. The van der Waals surface area contributed by atoms with Gasteiger partial charge >= 0.3 is 0 Å². The topological polar surface area (TPSA) is 0 Å². The van der Waals surface area contributed by atoms with Crippen molar-refractivity contribution in [3.8, 4) is 0 Å². The number of alkyl halides is 1. The molecule has 0 heterocycles. The summed E-state index contributed by atoms with van der Waals surface area (Å²) in [6.07, 6.45) is 23.4. The molecule has 0 radical (unpaired) electrons. The minimum atomic E-state index is 0.827. The van der Waals surface area contributed by atoms with Gasteiger partial charge in [-0.15, -0.1) is 11.6 Å². The van der Waals surface area contributed by atoms with E-state index in [1.165, 1.54) is 70.6 Å². The van der Waals surface area contributed by atoms with Gasteiger partial charge in [0.2, 0.25) is 0 Å². The predicted molar refractivity (Wildman–Crippen MR) is 85.5 cm³/mol. The highest BCUT2D eigenvalue weighted by Crippen LogP contribution is 2.08. The van der Waals surface area contributed by atoms with E-state index in [0.717, 1.165) is 5.88 Å². The molecule has 0 unspecified atom stereocenters. The van der Waals surface area contributed by atoms with Crippen LogP contribution in [0.2, 0.25) is 0 Å². The molecule has 0 saturated carbocycles. The Bertz CT molecular complexity index is 194. The first kappa shape index (κ1) is 17.8. The largest absolute Gasteiger partial charge is 0.127 e. The first-order valence-electron chi connectivity index (χ1n) is 7.79. The van der Waals surface area contributed by atoms with Crippen molar-refractivity contribution in [1.29, 1.82) is 0 Å². The van der Waals surface area contributed by atoms with E-state index in [2.05, 4.69) is 31.2 Å². The zero-order valence-corrected chi connectivity index (χ0v) is 12.9. The van der Waals surface area contributed by atoms with Crippen LogP contribution >= 0.6 is 11.6 Å². The number of unbranched alkanes of at least 4 members (excludes halogenated alkanes) is 9. The highest BCUT2D eigenvalue weighted by atomic mass is 35.5. The summed E-state index contributed by atoms with van der Waals surface area (Å²) < 4.78 is 0. The average Bonchev–Trinajstić information content (AvgIpc) is 2.39. The van der Waals surface area contributed by atoms with Crippen molar-refractivity contribution in [1.82, 2.24) is 0 Å². The SMILES string of the molecule is CCCCCC=CC=CCCCCCCCCCl. The molecule has 0 N–H and O–H groups in total. The molecule has 0 aliphatic rings. The number of halogens is 1. The summed E-state index contributed by atoms with van der Waals surface area (Å²) in [5.41, 5.74) is 0. The maximum Gasteiger partial charge on any atom is 0.0223 e. The quantitative estimate of drug-likeness (QED) is 0.200. The summed E-state index contributed by atoms with van der Waals surface area (Å²) in [6, 6.07) is 0. The molecular weight excluding hydrogens is 240 g/mol. The molecule has 18 heavy (non-hydrogen) atoms. The number of rotatable bonds is 13. The summed E-state index contributed by atoms with van der Waals surface area (Å²) in [7, 11) is 0. The highest BCUT2D eigenvalue weighted by Gasteiger charge is 1.89. The van der Waals surface area contributed by atoms with Gasteiger partial charge in [0.15, 0.2) is 0 Å². The molecule has 0 aliphatic heterocycles. The normalized spacial score (nSPS) is 11.9. The van der Waals surface area contributed by atoms with Crippen LogP contribution in [0.4, 0.5) is 0 Å². The molecule has 106 valence electrons. The average molecular weight is 271 g/mol. The molecule has 0 aliphatic carbocycles. The van der Waals surface area contributed by atoms with E-state index in [0.29, 0.717) is 0 Å².